The molecule has 3 unspecified atom stereocenters. The quantitative estimate of drug-likeness (QED) is 0.0182. The van der Waals surface area contributed by atoms with Crippen LogP contribution in [0.1, 0.15) is 181 Å². The fourth-order valence-corrected chi connectivity index (χ4v) is 12.5. The van der Waals surface area contributed by atoms with E-state index < -0.39 is 110 Å². The summed E-state index contributed by atoms with van der Waals surface area (Å²) in [5, 5.41) is 0. The molecule has 0 saturated heterocycles. The summed E-state index contributed by atoms with van der Waals surface area (Å²) in [5.41, 5.74) is -4.03. The molecule has 0 heterocycles. The minimum absolute atomic E-state index is 0.309. The number of unbranched alkanes of at least 4 members (excludes halogenated alkanes) is 3. The van der Waals surface area contributed by atoms with Gasteiger partial charge in [-0.3, -0.25) is 0 Å². The number of halogens is 15. The number of hydrogen-bond acceptors (Lipinski definition) is 0. The summed E-state index contributed by atoms with van der Waals surface area (Å²) in [6.45, 7) is 35.1. The largest absolute Gasteiger partial charge is 0.265 e. The van der Waals surface area contributed by atoms with Crippen molar-refractivity contribution in [2.24, 2.45) is 0 Å². The topological polar surface area (TPSA) is 0 Å². The van der Waals surface area contributed by atoms with Crippen molar-refractivity contribution in [1.29, 1.82) is 0 Å². The molecule has 0 aliphatic carbocycles. The summed E-state index contributed by atoms with van der Waals surface area (Å²) in [4.78, 5) is 0. The molecule has 0 saturated carbocycles. The third kappa shape index (κ3) is 26.7. The molecule has 0 spiro atoms. The lowest BCUT2D eigenvalue weighted by Crippen LogP contribution is -2.60. The lowest BCUT2D eigenvalue weighted by atomic mass is 9.28. The summed E-state index contributed by atoms with van der Waals surface area (Å²) >= 11 is 0. The molecule has 0 amide bonds. The smallest absolute Gasteiger partial charge is 0.204 e. The molecule has 528 valence electrons. The van der Waals surface area contributed by atoms with Crippen molar-refractivity contribution in [3.63, 3.8) is 0 Å². The van der Waals surface area contributed by atoms with Crippen molar-refractivity contribution in [2.75, 3.05) is 0 Å². The van der Waals surface area contributed by atoms with Crippen molar-refractivity contribution >= 4 is 73.1 Å². The molecular weight excluding hydrogens is 1250 g/mol. The Morgan fingerprint density at radius 2 is 0.458 bits per heavy atom. The van der Waals surface area contributed by atoms with E-state index in [0.717, 1.165) is 44.3 Å². The molecule has 21 heteroatoms. The number of benzene rings is 6. The summed E-state index contributed by atoms with van der Waals surface area (Å²) in [6, 6.07) is 32.0. The van der Waals surface area contributed by atoms with E-state index in [-0.39, 0.29) is 0 Å². The first-order chi connectivity index (χ1) is 45.7. The van der Waals surface area contributed by atoms with Gasteiger partial charge in [0.05, 0.1) is 0 Å². The van der Waals surface area contributed by atoms with E-state index >= 15 is 0 Å². The summed E-state index contributed by atoms with van der Waals surface area (Å²) < 4.78 is 209. The van der Waals surface area contributed by atoms with E-state index in [9.17, 15) is 65.9 Å². The van der Waals surface area contributed by atoms with Crippen LogP contribution in [0.3, 0.4) is 0 Å². The Morgan fingerprint density at radius 3 is 0.635 bits per heavy atom. The summed E-state index contributed by atoms with van der Waals surface area (Å²) in [5.74, 6) is -42.5. The number of hydrogen-bond donors (Lipinski definition) is 0. The second-order valence-corrected chi connectivity index (χ2v) is 25.4. The van der Waals surface area contributed by atoms with Gasteiger partial charge in [-0.1, -0.05) is 363 Å². The van der Waals surface area contributed by atoms with E-state index in [1.807, 2.05) is 0 Å². The van der Waals surface area contributed by atoms with Crippen molar-refractivity contribution in [1.82, 2.24) is 0 Å². The standard InChI is InChI=1S/C18BF15.C18H15B.2C12H27B.C9H21B.C6H15B/c20-4-1(5(21)11(27)16(32)10(4)26)19(2-6(22)12(28)17(33)13(29)7(2)23)3-8(24)14(30)18(34)15(31)9(3)25;1-4-10-16(11-5-1)19(17-12-6-2-7-13-17)18-14-8-3-9-15-18;1-7-10(4)13(11(5)8-2)12(6)9-3;1-4-7-10-13(11-8-5-2)12-9-6-3;1-4-7-10(8-5-2)9-6-3;1-4-7(5-2)6-3/h;1-15H;10-12H,7-9H2,1-6H3;4-12H2,1-3H3;4-9H2,1-3H3;4-6H2,1-3H3. The van der Waals surface area contributed by atoms with Crippen molar-refractivity contribution in [2.45, 2.75) is 255 Å². The molecule has 6 aromatic rings. The van der Waals surface area contributed by atoms with Crippen LogP contribution in [0.2, 0.25) is 74.3 Å². The third-order valence-corrected chi connectivity index (χ3v) is 18.6. The minimum atomic E-state index is -3.96. The van der Waals surface area contributed by atoms with E-state index in [0.29, 0.717) is 6.71 Å². The molecule has 0 aliphatic heterocycles. The van der Waals surface area contributed by atoms with Crippen LogP contribution < -0.4 is 32.8 Å². The zero-order valence-electron chi connectivity index (χ0n) is 59.9. The molecule has 0 aliphatic rings. The molecular formula is C75H105B6F15. The van der Waals surface area contributed by atoms with E-state index in [2.05, 4.69) is 195 Å². The summed E-state index contributed by atoms with van der Waals surface area (Å²) in [6.07, 6.45) is 29.4. The van der Waals surface area contributed by atoms with Gasteiger partial charge in [-0.15, -0.1) is 0 Å². The SMILES string of the molecule is CCB(CC)CC.CCC(C)B(C(C)CC)C(C)CC.CCCB(CCC)CCC.CCCCB(CCCC)CCCC.Fc1c(F)c(F)c(B(c2c(F)c(F)c(F)c(F)c2F)c2c(F)c(F)c(F)c(F)c2F)c(F)c1F.c1ccc(B(c2ccccc2)c2ccccc2)cc1. The van der Waals surface area contributed by atoms with Gasteiger partial charge in [0.2, 0.25) is 6.71 Å². The lowest BCUT2D eigenvalue weighted by molar-refractivity contribution is 0.380. The Balaban J connectivity index is 0.000000631. The van der Waals surface area contributed by atoms with Crippen molar-refractivity contribution in [3.8, 4) is 0 Å². The molecule has 96 heavy (non-hydrogen) atoms. The monoisotopic (exact) mass is 1360 g/mol. The van der Waals surface area contributed by atoms with Gasteiger partial charge in [0, 0.05) is 16.4 Å². The highest BCUT2D eigenvalue weighted by molar-refractivity contribution is 6.96. The van der Waals surface area contributed by atoms with Crippen molar-refractivity contribution < 1.29 is 65.9 Å². The van der Waals surface area contributed by atoms with Crippen LogP contribution >= 0.6 is 0 Å². The van der Waals surface area contributed by atoms with E-state index in [1.54, 1.807) is 0 Å². The first kappa shape index (κ1) is 88.7. The van der Waals surface area contributed by atoms with Crippen LogP contribution in [-0.4, -0.2) is 40.3 Å². The fourth-order valence-electron chi connectivity index (χ4n) is 12.5. The lowest BCUT2D eigenvalue weighted by Gasteiger charge is -2.30. The summed E-state index contributed by atoms with van der Waals surface area (Å²) in [7, 11) is 0. The predicted octanol–water partition coefficient (Wildman–Crippen LogP) is 22.5. The van der Waals surface area contributed by atoms with Crippen LogP contribution in [-0.2, 0) is 0 Å². The molecule has 0 aromatic heterocycles. The molecule has 3 atom stereocenters. The Morgan fingerprint density at radius 1 is 0.250 bits per heavy atom. The minimum Gasteiger partial charge on any atom is -0.204 e. The Hall–Kier alpha value is -5.34. The molecule has 0 nitrogen and oxygen atoms in total. The van der Waals surface area contributed by atoms with Gasteiger partial charge in [0.25, 0.3) is 6.71 Å². The van der Waals surface area contributed by atoms with E-state index in [1.165, 1.54) is 150 Å². The molecule has 0 N–H and O–H groups in total. The molecule has 6 rings (SSSR count). The highest BCUT2D eigenvalue weighted by Crippen LogP contribution is 2.36. The van der Waals surface area contributed by atoms with Crippen LogP contribution in [0.4, 0.5) is 65.9 Å². The molecule has 0 radical (unpaired) electrons. The maximum atomic E-state index is 14.4. The predicted molar refractivity (Wildman–Crippen MR) is 385 cm³/mol. The van der Waals surface area contributed by atoms with Crippen LogP contribution in [0.15, 0.2) is 91.0 Å². The Kier molecular flexibility index (Phi) is 44.7. The second-order valence-electron chi connectivity index (χ2n) is 25.4. The molecule has 0 fully saturated rings. The average molecular weight is 1360 g/mol. The van der Waals surface area contributed by atoms with Crippen LogP contribution in [0, 0.1) is 87.3 Å². The van der Waals surface area contributed by atoms with E-state index in [4.69, 9.17) is 0 Å². The maximum absolute atomic E-state index is 14.4. The Labute approximate surface area is 569 Å². The van der Waals surface area contributed by atoms with Gasteiger partial charge in [-0.2, -0.15) is 0 Å². The van der Waals surface area contributed by atoms with Gasteiger partial charge in [-0.05, 0) is 0 Å². The highest BCUT2D eigenvalue weighted by Gasteiger charge is 2.45. The van der Waals surface area contributed by atoms with Crippen LogP contribution in [0.5, 0.6) is 0 Å². The van der Waals surface area contributed by atoms with Gasteiger partial charge in [0.1, 0.15) is 26.9 Å². The maximum Gasteiger partial charge on any atom is 0.265 e. The van der Waals surface area contributed by atoms with Gasteiger partial charge < -0.3 is 0 Å². The zero-order valence-corrected chi connectivity index (χ0v) is 59.9. The first-order valence-corrected chi connectivity index (χ1v) is 35.4. The number of rotatable bonds is 30. The average Bonchev–Trinajstić information content (AvgIpc) is 0.732. The third-order valence-electron chi connectivity index (χ3n) is 18.6. The van der Waals surface area contributed by atoms with Gasteiger partial charge >= 0.3 is 0 Å². The second kappa shape index (κ2) is 48.4. The van der Waals surface area contributed by atoms with Gasteiger partial charge in [-0.25, -0.2) is 65.9 Å². The highest BCUT2D eigenvalue weighted by atomic mass is 19.2. The first-order valence-electron chi connectivity index (χ1n) is 35.4. The molecule has 6 aromatic carbocycles. The van der Waals surface area contributed by atoms with Crippen LogP contribution in [0.25, 0.3) is 0 Å². The fraction of sp³-hybridized carbons (Fsp3) is 0.520. The van der Waals surface area contributed by atoms with Crippen molar-refractivity contribution in [3.05, 3.63) is 178 Å². The molecule has 0 bridgehead atoms. The normalized spacial score (nSPS) is 11.6. The zero-order chi connectivity index (χ0) is 72.8. The Bertz CT molecular complexity index is 2680. The van der Waals surface area contributed by atoms with Gasteiger partial charge in [0.15, 0.2) is 87.3 Å².